The maximum atomic E-state index is 11.9. The van der Waals surface area contributed by atoms with Crippen LogP contribution in [0.3, 0.4) is 0 Å². The minimum Gasteiger partial charge on any atom is -0.394 e. The molecule has 0 bridgehead atoms. The zero-order chi connectivity index (χ0) is 60.2. The molecule has 11 rings (SSSR count). The highest BCUT2D eigenvalue weighted by molar-refractivity contribution is 5.17. The third kappa shape index (κ3) is 11.1. The van der Waals surface area contributed by atoms with Gasteiger partial charge >= 0.3 is 0 Å². The molecule has 37 atom stereocenters. The highest BCUT2D eigenvalue weighted by Gasteiger charge is 2.72. The molecule has 0 amide bonds. The van der Waals surface area contributed by atoms with Crippen LogP contribution in [0.5, 0.6) is 0 Å². The average Bonchev–Trinajstić information content (AvgIpc) is 2.03. The third-order valence-electron chi connectivity index (χ3n) is 22.1. The van der Waals surface area contributed by atoms with Gasteiger partial charge in [0.25, 0.3) is 0 Å². The summed E-state index contributed by atoms with van der Waals surface area (Å²) >= 11 is 0. The van der Waals surface area contributed by atoms with Gasteiger partial charge in [-0.25, -0.2) is 0 Å². The largest absolute Gasteiger partial charge is 0.394 e. The lowest BCUT2D eigenvalue weighted by Crippen LogP contribution is -2.68. The lowest BCUT2D eigenvalue weighted by atomic mass is 9.44. The van der Waals surface area contributed by atoms with E-state index in [1.807, 2.05) is 6.92 Å². The van der Waals surface area contributed by atoms with Gasteiger partial charge in [0.1, 0.15) is 122 Å². The Labute approximate surface area is 486 Å². The molecule has 16 N–H and O–H groups in total. The number of hydrogen-bond donors (Lipinski definition) is 16. The van der Waals surface area contributed by atoms with Crippen molar-refractivity contribution in [2.75, 3.05) is 39.6 Å². The van der Waals surface area contributed by atoms with Crippen molar-refractivity contribution in [2.24, 2.45) is 52.3 Å². The average molecular weight is 1210 g/mol. The van der Waals surface area contributed by atoms with E-state index in [-0.39, 0.29) is 40.6 Å². The van der Waals surface area contributed by atoms with Crippen molar-refractivity contribution in [3.05, 3.63) is 0 Å². The Morgan fingerprint density at radius 1 is 0.452 bits per heavy atom. The Morgan fingerprint density at radius 2 is 1.00 bits per heavy atom. The van der Waals surface area contributed by atoms with E-state index in [0.29, 0.717) is 43.6 Å². The van der Waals surface area contributed by atoms with Crippen LogP contribution < -0.4 is 0 Å². The van der Waals surface area contributed by atoms with Gasteiger partial charge in [-0.05, 0) is 104 Å². The predicted octanol–water partition coefficient (Wildman–Crippen LogP) is -5.48. The van der Waals surface area contributed by atoms with Gasteiger partial charge in [0.15, 0.2) is 37.2 Å². The lowest BCUT2D eigenvalue weighted by molar-refractivity contribution is -0.404. The molecule has 11 fully saturated rings. The minimum absolute atomic E-state index is 0.0430. The second-order valence-electron chi connectivity index (χ2n) is 26.8. The number of aliphatic hydroxyl groups excluding tert-OH is 16. The molecule has 7 heterocycles. The molecule has 28 nitrogen and oxygen atoms in total. The molecule has 4 aliphatic carbocycles. The summed E-state index contributed by atoms with van der Waals surface area (Å²) in [6.45, 7) is 5.80. The van der Waals surface area contributed by atoms with Gasteiger partial charge in [-0.2, -0.15) is 0 Å². The Kier molecular flexibility index (Phi) is 19.3. The van der Waals surface area contributed by atoms with E-state index in [1.54, 1.807) is 0 Å². The summed E-state index contributed by atoms with van der Waals surface area (Å²) in [7, 11) is 0. The summed E-state index contributed by atoms with van der Waals surface area (Å²) in [6.07, 6.45) is -34.5. The molecule has 84 heavy (non-hydrogen) atoms. The first kappa shape index (κ1) is 64.4. The number of fused-ring (bicyclic) bond motifs is 7. The predicted molar refractivity (Wildman–Crippen MR) is 276 cm³/mol. The van der Waals surface area contributed by atoms with Crippen LogP contribution in [0.25, 0.3) is 0 Å². The summed E-state index contributed by atoms with van der Waals surface area (Å²) in [6, 6.07) is 0. The number of ether oxygens (including phenoxy) is 12. The summed E-state index contributed by atoms with van der Waals surface area (Å²) in [5.74, 6) is 0.438. The molecule has 0 aromatic carbocycles. The fourth-order valence-electron chi connectivity index (χ4n) is 17.5. The molecule has 0 unspecified atom stereocenters. The van der Waals surface area contributed by atoms with E-state index in [0.717, 1.165) is 38.5 Å². The van der Waals surface area contributed by atoms with Crippen LogP contribution in [0, 0.1) is 52.3 Å². The smallest absolute Gasteiger partial charge is 0.198 e. The monoisotopic (exact) mass is 1210 g/mol. The lowest BCUT2D eigenvalue weighted by Gasteiger charge is -2.61. The normalized spacial score (nSPS) is 57.7. The van der Waals surface area contributed by atoms with Crippen LogP contribution in [0.15, 0.2) is 0 Å². The Balaban J connectivity index is 0.747. The number of rotatable bonds is 14. The van der Waals surface area contributed by atoms with Gasteiger partial charge in [-0.15, -0.1) is 0 Å². The van der Waals surface area contributed by atoms with Gasteiger partial charge in [0.05, 0.1) is 51.8 Å². The quantitative estimate of drug-likeness (QED) is 0.0722. The molecule has 4 saturated carbocycles. The van der Waals surface area contributed by atoms with Crippen molar-refractivity contribution in [1.82, 2.24) is 0 Å². The summed E-state index contributed by atoms with van der Waals surface area (Å²) in [5, 5.41) is 172. The van der Waals surface area contributed by atoms with E-state index in [4.69, 9.17) is 56.8 Å². The zero-order valence-corrected chi connectivity index (χ0v) is 47.8. The molecule has 1 spiro atoms. The molecule has 484 valence electrons. The van der Waals surface area contributed by atoms with Gasteiger partial charge in [0.2, 0.25) is 0 Å². The summed E-state index contributed by atoms with van der Waals surface area (Å²) < 4.78 is 74.2. The molecule has 0 aromatic heterocycles. The van der Waals surface area contributed by atoms with E-state index in [1.165, 1.54) is 0 Å². The zero-order valence-electron chi connectivity index (χ0n) is 47.8. The molecule has 28 heteroatoms. The van der Waals surface area contributed by atoms with Gasteiger partial charge < -0.3 is 139 Å². The van der Waals surface area contributed by atoms with Gasteiger partial charge in [-0.3, -0.25) is 0 Å². The van der Waals surface area contributed by atoms with Crippen molar-refractivity contribution in [2.45, 2.75) is 257 Å². The van der Waals surface area contributed by atoms with Crippen molar-refractivity contribution in [3.8, 4) is 0 Å². The number of aliphatic hydroxyl groups is 16. The standard InChI is InChI=1S/C56H92O28/c1-20-11-33(80-51-43(70)39(66)36(63)29(14-57)76-51)56(74-18-20)21(2)34-28(84-56)13-26-24-6-5-22-12-23(7-9-54(22,3)25(24)8-10-55(26,34)4)75-50-45(72)41(68)46(32(17-60)79-50)81-53-48(83-52-44(71)40(67)37(64)30(15-58)77-52)47(38(65)31(16-59)78-53)82-49-42(69)35(62)27(61)19-73-49/h20-53,57-72H,5-19H2,1-4H3/t20-,21+,22+,23+,24-,25+,26+,27-,28+,29-,30-,31-,32-,33+,34+,35+,36+,37-,38-,39+,40+,41-,42-,43-,44-,45-,46-,47+,48-,49+,50-,51+,52+,53+,54+,55+,56+/m1/s1. The highest BCUT2D eigenvalue weighted by Crippen LogP contribution is 2.72. The first-order chi connectivity index (χ1) is 39.9. The van der Waals surface area contributed by atoms with Crippen LogP contribution in [0.4, 0.5) is 0 Å². The molecular weight excluding hydrogens is 1120 g/mol. The van der Waals surface area contributed by atoms with E-state index in [9.17, 15) is 81.7 Å². The van der Waals surface area contributed by atoms with Crippen molar-refractivity contribution in [1.29, 1.82) is 0 Å². The minimum atomic E-state index is -2.03. The second kappa shape index (κ2) is 25.2. The second-order valence-corrected chi connectivity index (χ2v) is 26.8. The fraction of sp³-hybridized carbons (Fsp3) is 1.00. The highest BCUT2D eigenvalue weighted by atomic mass is 16.8. The maximum absolute atomic E-state index is 11.9. The molecule has 0 radical (unpaired) electrons. The molecule has 11 aliphatic rings. The third-order valence-corrected chi connectivity index (χ3v) is 22.1. The van der Waals surface area contributed by atoms with E-state index in [2.05, 4.69) is 20.8 Å². The first-order valence-electron chi connectivity index (χ1n) is 30.4. The maximum Gasteiger partial charge on any atom is 0.198 e. The van der Waals surface area contributed by atoms with Crippen LogP contribution in [0.2, 0.25) is 0 Å². The van der Waals surface area contributed by atoms with Crippen LogP contribution in [-0.2, 0) is 56.8 Å². The Bertz CT molecular complexity index is 2190. The van der Waals surface area contributed by atoms with E-state index < -0.39 is 198 Å². The van der Waals surface area contributed by atoms with Gasteiger partial charge in [-0.1, -0.05) is 27.7 Å². The molecule has 7 aliphatic heterocycles. The summed E-state index contributed by atoms with van der Waals surface area (Å²) in [5.41, 5.74) is -0.126. The molecular formula is C56H92O28. The van der Waals surface area contributed by atoms with Crippen LogP contribution in [0.1, 0.15) is 85.5 Å². The summed E-state index contributed by atoms with van der Waals surface area (Å²) in [4.78, 5) is 0. The van der Waals surface area contributed by atoms with Crippen LogP contribution in [-0.4, -0.2) is 293 Å². The SMILES string of the molecule is C[C@H]1CO[C@@]2(O[C@H]3C[C@H]4[C@@H]5CC[C@H]6C[C@@H](O[C@@H]7O[C@H](CO)[C@@H](O[C@@H]8O[C@H](CO)[C@@H](O)[C@H](O[C@@H]9OC[C@@H](O)[C@H](O)[C@H]9O)[C@H]8O[C@@H]8O[C@H](CO)[C@@H](O)[C@H](O)[C@H]8O)[C@H](O)[C@H]7O)CC[C@]6(C)[C@H]5CC[C@]4(C)[C@H]3[C@@H]2C)[C@@H](O[C@@H]2O[C@H](CO)[C@H](O)[C@H](O)[C@H]2O)C1. The Morgan fingerprint density at radius 3 is 1.65 bits per heavy atom. The molecule has 0 aromatic rings. The fourth-order valence-corrected chi connectivity index (χ4v) is 17.5. The van der Waals surface area contributed by atoms with Crippen molar-refractivity contribution in [3.63, 3.8) is 0 Å². The topological polar surface area (TPSA) is 434 Å². The first-order valence-corrected chi connectivity index (χ1v) is 30.4. The van der Waals surface area contributed by atoms with E-state index >= 15 is 0 Å². The van der Waals surface area contributed by atoms with Crippen molar-refractivity contribution < 1.29 is 139 Å². The van der Waals surface area contributed by atoms with Gasteiger partial charge in [0, 0.05) is 5.92 Å². The van der Waals surface area contributed by atoms with Crippen LogP contribution >= 0.6 is 0 Å². The number of hydrogen-bond acceptors (Lipinski definition) is 28. The Hall–Kier alpha value is -1.12. The van der Waals surface area contributed by atoms with Crippen molar-refractivity contribution >= 4 is 0 Å². The molecule has 7 saturated heterocycles.